The van der Waals surface area contributed by atoms with E-state index in [1.165, 1.54) is 42.5 Å². The largest absolute Gasteiger partial charge is 0.508 e. The lowest BCUT2D eigenvalue weighted by Gasteiger charge is -2.40. The number of phenolic OH excluding ortho intramolecular Hbond substituents is 3. The summed E-state index contributed by atoms with van der Waals surface area (Å²) in [5.74, 6) is -0.585. The van der Waals surface area contributed by atoms with Crippen molar-refractivity contribution in [1.29, 1.82) is 0 Å². The van der Waals surface area contributed by atoms with Gasteiger partial charge >= 0.3 is 0 Å². The van der Waals surface area contributed by atoms with Crippen molar-refractivity contribution in [2.75, 3.05) is 13.2 Å². The molecule has 0 radical (unpaired) electrons. The highest BCUT2D eigenvalue weighted by Gasteiger charge is 2.47. The highest BCUT2D eigenvalue weighted by molar-refractivity contribution is 5.75. The molecule has 3 heterocycles. The molecule has 16 heteroatoms. The predicted octanol–water partition coefficient (Wildman–Crippen LogP) is 0.597. The number of aliphatic hydroxyl groups is 8. The molecular weight excluding hydrogens is 736 g/mol. The summed E-state index contributed by atoms with van der Waals surface area (Å²) in [7, 11) is 0. The predicted molar refractivity (Wildman–Crippen MR) is 194 cm³/mol. The van der Waals surface area contributed by atoms with Gasteiger partial charge in [-0.05, 0) is 64.7 Å². The van der Waals surface area contributed by atoms with Gasteiger partial charge in [0.05, 0.1) is 19.1 Å². The summed E-state index contributed by atoms with van der Waals surface area (Å²) >= 11 is 0. The van der Waals surface area contributed by atoms with Crippen LogP contribution in [0.2, 0.25) is 0 Å². The van der Waals surface area contributed by atoms with Gasteiger partial charge in [-0.25, -0.2) is 0 Å². The van der Waals surface area contributed by atoms with Crippen molar-refractivity contribution in [2.45, 2.75) is 73.4 Å². The second-order valence-electron chi connectivity index (χ2n) is 13.8. The summed E-state index contributed by atoms with van der Waals surface area (Å²) < 4.78 is 29.8. The van der Waals surface area contributed by atoms with E-state index in [0.29, 0.717) is 28.0 Å². The molecule has 7 rings (SSSR count). The fourth-order valence-electron chi connectivity index (χ4n) is 7.10. The van der Waals surface area contributed by atoms with Crippen LogP contribution < -0.4 is 14.2 Å². The van der Waals surface area contributed by atoms with Crippen LogP contribution in [0, 0.1) is 0 Å². The third kappa shape index (κ3) is 7.85. The Labute approximate surface area is 319 Å². The lowest BCUT2D eigenvalue weighted by atomic mass is 9.82. The Morgan fingerprint density at radius 2 is 1.05 bits per heavy atom. The van der Waals surface area contributed by atoms with Crippen molar-refractivity contribution < 1.29 is 79.9 Å². The second-order valence-corrected chi connectivity index (χ2v) is 13.8. The highest BCUT2D eigenvalue weighted by Crippen LogP contribution is 2.53. The fraction of sp³-hybridized carbons (Fsp3) is 0.350. The Morgan fingerprint density at radius 3 is 1.57 bits per heavy atom. The first-order valence-electron chi connectivity index (χ1n) is 17.7. The third-order valence-corrected chi connectivity index (χ3v) is 10.1. The van der Waals surface area contributed by atoms with E-state index >= 15 is 0 Å². The van der Waals surface area contributed by atoms with Crippen LogP contribution in [-0.2, 0) is 9.47 Å². The van der Waals surface area contributed by atoms with Gasteiger partial charge in [0.15, 0.2) is 0 Å². The van der Waals surface area contributed by atoms with Crippen LogP contribution in [0.4, 0.5) is 0 Å². The zero-order chi connectivity index (χ0) is 39.8. The Kier molecular flexibility index (Phi) is 11.4. The minimum Gasteiger partial charge on any atom is -0.508 e. The number of ether oxygens (including phenoxy) is 5. The zero-order valence-corrected chi connectivity index (χ0v) is 29.5. The molecule has 2 saturated heterocycles. The number of hydrogen-bond acceptors (Lipinski definition) is 16. The summed E-state index contributed by atoms with van der Waals surface area (Å²) in [5.41, 5.74) is 2.85. The molecule has 2 fully saturated rings. The quantitative estimate of drug-likeness (QED) is 0.0985. The molecule has 298 valence electrons. The topological polar surface area (TPSA) is 269 Å². The van der Waals surface area contributed by atoms with Gasteiger partial charge in [0, 0.05) is 17.7 Å². The van der Waals surface area contributed by atoms with Crippen LogP contribution in [0.25, 0.3) is 12.2 Å². The van der Waals surface area contributed by atoms with Crippen molar-refractivity contribution in [3.05, 3.63) is 107 Å². The molecule has 0 aliphatic carbocycles. The normalized spacial score (nSPS) is 31.5. The van der Waals surface area contributed by atoms with E-state index < -0.39 is 86.6 Å². The standard InChI is InChI=1S/C40H42O16/c41-16-28-32(46)34(48)36(50)39(55-28)52-25-12-21(13-26(15-25)53-40-37(51)35(49)33(47)29(17-42)56-40)31-30-20(4-1-18-2-7-22(43)8-3-18)11-24(45)14-27(30)54-38(31)19-5-9-23(44)10-6-19/h1-15,28-29,31-51H,16-17H2/b4-1+/t28-,29-,31-,32-,33-,34+,35+,36-,37-,38+,39-,40-/m1/s1. The van der Waals surface area contributed by atoms with Crippen LogP contribution >= 0.6 is 0 Å². The first-order valence-corrected chi connectivity index (χ1v) is 17.7. The second kappa shape index (κ2) is 16.2. The van der Waals surface area contributed by atoms with Gasteiger partial charge in [0.25, 0.3) is 0 Å². The number of benzene rings is 4. The number of aromatic hydroxyl groups is 3. The molecule has 56 heavy (non-hydrogen) atoms. The molecule has 11 N–H and O–H groups in total. The van der Waals surface area contributed by atoms with Crippen LogP contribution in [0.1, 0.15) is 39.8 Å². The van der Waals surface area contributed by atoms with Gasteiger partial charge in [0.1, 0.15) is 89.4 Å². The number of rotatable bonds is 10. The average Bonchev–Trinajstić information content (AvgIpc) is 3.57. The highest BCUT2D eigenvalue weighted by atomic mass is 16.7. The minimum absolute atomic E-state index is 0.00103. The Bertz CT molecular complexity index is 1940. The van der Waals surface area contributed by atoms with E-state index in [4.69, 9.17) is 23.7 Å². The summed E-state index contributed by atoms with van der Waals surface area (Å²) in [6.07, 6.45) is -13.6. The maximum Gasteiger partial charge on any atom is 0.229 e. The molecule has 0 amide bonds. The van der Waals surface area contributed by atoms with Crippen LogP contribution in [0.15, 0.2) is 78.9 Å². The fourth-order valence-corrected chi connectivity index (χ4v) is 7.10. The zero-order valence-electron chi connectivity index (χ0n) is 29.5. The van der Waals surface area contributed by atoms with E-state index in [1.807, 2.05) is 0 Å². The molecule has 0 bridgehead atoms. The maximum absolute atomic E-state index is 10.8. The molecular formula is C40H42O16. The third-order valence-electron chi connectivity index (χ3n) is 10.1. The van der Waals surface area contributed by atoms with E-state index in [0.717, 1.165) is 5.56 Å². The number of aliphatic hydroxyl groups excluding tert-OH is 8. The monoisotopic (exact) mass is 778 g/mol. The summed E-state index contributed by atoms with van der Waals surface area (Å²) in [4.78, 5) is 0. The van der Waals surface area contributed by atoms with Crippen molar-refractivity contribution in [1.82, 2.24) is 0 Å². The van der Waals surface area contributed by atoms with Gasteiger partial charge < -0.3 is 79.9 Å². The van der Waals surface area contributed by atoms with Crippen molar-refractivity contribution >= 4 is 12.2 Å². The first-order chi connectivity index (χ1) is 26.8. The molecule has 4 aromatic rings. The van der Waals surface area contributed by atoms with Crippen LogP contribution in [-0.4, -0.2) is 131 Å². The van der Waals surface area contributed by atoms with Crippen molar-refractivity contribution in [3.63, 3.8) is 0 Å². The molecule has 0 spiro atoms. The minimum atomic E-state index is -1.79. The van der Waals surface area contributed by atoms with E-state index in [9.17, 15) is 56.2 Å². The van der Waals surface area contributed by atoms with Crippen LogP contribution in [0.3, 0.4) is 0 Å². The Balaban J connectivity index is 1.36. The van der Waals surface area contributed by atoms with Crippen LogP contribution in [0.5, 0.6) is 34.5 Å². The summed E-state index contributed by atoms with van der Waals surface area (Å²) in [5, 5.41) is 114. The molecule has 0 saturated carbocycles. The van der Waals surface area contributed by atoms with E-state index in [1.54, 1.807) is 48.6 Å². The number of fused-ring (bicyclic) bond motifs is 1. The van der Waals surface area contributed by atoms with Crippen molar-refractivity contribution in [3.8, 4) is 34.5 Å². The molecule has 3 aliphatic heterocycles. The lowest BCUT2D eigenvalue weighted by molar-refractivity contribution is -0.278. The SMILES string of the molecule is OC[C@H]1O[C@@H](Oc2cc(O[C@@H]3O[C@H](CO)[C@@H](O)[C@H](O)[C@H]3O)cc([C@@H]3c4c(/C=C/c5ccc(O)cc5)cc(O)cc4O[C@H]3c3ccc(O)cc3)c2)[C@H](O)[C@@H](O)[C@@H]1O. The Hall–Kier alpha value is -4.98. The van der Waals surface area contributed by atoms with Gasteiger partial charge in [-0.1, -0.05) is 36.4 Å². The molecule has 0 aromatic heterocycles. The first kappa shape index (κ1) is 39.3. The van der Waals surface area contributed by atoms with Gasteiger partial charge in [-0.2, -0.15) is 0 Å². The number of hydrogen-bond donors (Lipinski definition) is 11. The molecule has 4 aromatic carbocycles. The van der Waals surface area contributed by atoms with Crippen molar-refractivity contribution in [2.24, 2.45) is 0 Å². The smallest absolute Gasteiger partial charge is 0.229 e. The van der Waals surface area contributed by atoms with Gasteiger partial charge in [-0.3, -0.25) is 0 Å². The Morgan fingerprint density at radius 1 is 0.536 bits per heavy atom. The molecule has 3 aliphatic rings. The summed E-state index contributed by atoms with van der Waals surface area (Å²) in [6.45, 7) is -1.43. The van der Waals surface area contributed by atoms with E-state index in [-0.39, 0.29) is 28.7 Å². The molecule has 12 atom stereocenters. The van der Waals surface area contributed by atoms with Gasteiger partial charge in [0.2, 0.25) is 12.6 Å². The molecule has 16 nitrogen and oxygen atoms in total. The molecule has 0 unspecified atom stereocenters. The lowest BCUT2D eigenvalue weighted by Crippen LogP contribution is -2.60. The van der Waals surface area contributed by atoms with E-state index in [2.05, 4.69) is 0 Å². The van der Waals surface area contributed by atoms with Gasteiger partial charge in [-0.15, -0.1) is 0 Å². The average molecular weight is 779 g/mol. The number of phenols is 3. The maximum atomic E-state index is 10.8. The summed E-state index contributed by atoms with van der Waals surface area (Å²) in [6, 6.07) is 20.1.